The van der Waals surface area contributed by atoms with Gasteiger partial charge in [-0.05, 0) is 58.2 Å². The number of hydrogen-bond acceptors (Lipinski definition) is 4. The Balaban J connectivity index is 1.87. The molecule has 0 aromatic rings. The van der Waals surface area contributed by atoms with E-state index in [0.717, 1.165) is 37.9 Å². The smallest absolute Gasteiger partial charge is 0.310 e. The molecule has 2 saturated heterocycles. The van der Waals surface area contributed by atoms with Gasteiger partial charge in [-0.3, -0.25) is 9.79 Å². The minimum absolute atomic E-state index is 0.0484. The summed E-state index contributed by atoms with van der Waals surface area (Å²) in [6.07, 6.45) is 3.73. The van der Waals surface area contributed by atoms with Gasteiger partial charge in [-0.15, -0.1) is 0 Å². The first-order chi connectivity index (χ1) is 11.5. The third-order valence-corrected chi connectivity index (χ3v) is 5.39. The van der Waals surface area contributed by atoms with Gasteiger partial charge in [-0.2, -0.15) is 0 Å². The highest BCUT2D eigenvalue weighted by Gasteiger charge is 2.36. The number of aliphatic imine (C=N–C) groups is 1. The second-order valence-electron chi connectivity index (χ2n) is 7.28. The molecule has 0 aliphatic carbocycles. The molecule has 2 heterocycles. The number of methoxy groups -OCH3 is 1. The number of carbonyl (C=O) groups excluding carboxylic acids is 1. The van der Waals surface area contributed by atoms with Crippen LogP contribution in [0.2, 0.25) is 0 Å². The summed E-state index contributed by atoms with van der Waals surface area (Å²) in [4.78, 5) is 21.3. The van der Waals surface area contributed by atoms with E-state index in [1.165, 1.54) is 33.0 Å². The third-order valence-electron chi connectivity index (χ3n) is 5.39. The molecule has 6 nitrogen and oxygen atoms in total. The van der Waals surface area contributed by atoms with Gasteiger partial charge in [0.2, 0.25) is 0 Å². The summed E-state index contributed by atoms with van der Waals surface area (Å²) in [6.45, 7) is 9.89. The van der Waals surface area contributed by atoms with Crippen LogP contribution in [-0.2, 0) is 9.53 Å². The number of piperidine rings is 1. The normalized spacial score (nSPS) is 26.7. The SMILES string of the molecule is CCNC(=NCCC1CCN(C)CC1)N1CC(C)C(C(=O)OC)C1. The van der Waals surface area contributed by atoms with Crippen molar-refractivity contribution in [1.29, 1.82) is 0 Å². The number of hydrogen-bond donors (Lipinski definition) is 1. The van der Waals surface area contributed by atoms with Crippen molar-refractivity contribution in [2.24, 2.45) is 22.7 Å². The number of rotatable bonds is 5. The Morgan fingerprint density at radius 3 is 2.62 bits per heavy atom. The van der Waals surface area contributed by atoms with Crippen LogP contribution in [0.5, 0.6) is 0 Å². The molecule has 0 bridgehead atoms. The van der Waals surface area contributed by atoms with Crippen LogP contribution in [0.15, 0.2) is 4.99 Å². The van der Waals surface area contributed by atoms with Gasteiger partial charge >= 0.3 is 5.97 Å². The maximum Gasteiger partial charge on any atom is 0.310 e. The molecule has 2 aliphatic rings. The van der Waals surface area contributed by atoms with Gasteiger partial charge in [0.15, 0.2) is 5.96 Å². The van der Waals surface area contributed by atoms with Crippen molar-refractivity contribution >= 4 is 11.9 Å². The Labute approximate surface area is 146 Å². The van der Waals surface area contributed by atoms with E-state index < -0.39 is 0 Å². The third kappa shape index (κ3) is 5.10. The van der Waals surface area contributed by atoms with E-state index in [0.29, 0.717) is 12.5 Å². The van der Waals surface area contributed by atoms with Crippen LogP contribution in [0.1, 0.15) is 33.1 Å². The first-order valence-electron chi connectivity index (χ1n) is 9.34. The molecule has 0 saturated carbocycles. The standard InChI is InChI=1S/C18H34N4O2/c1-5-19-18(20-9-6-15-7-10-21(3)11-8-15)22-12-14(2)16(13-22)17(23)24-4/h14-16H,5-13H2,1-4H3,(H,19,20). The summed E-state index contributed by atoms with van der Waals surface area (Å²) in [5.74, 6) is 1.90. The number of carbonyl (C=O) groups is 1. The van der Waals surface area contributed by atoms with E-state index in [1.54, 1.807) is 0 Å². The lowest BCUT2D eigenvalue weighted by molar-refractivity contribution is -0.145. The molecule has 6 heteroatoms. The molecule has 0 aromatic heterocycles. The predicted octanol–water partition coefficient (Wildman–Crippen LogP) is 1.42. The lowest BCUT2D eigenvalue weighted by atomic mass is 9.94. The molecule has 2 rings (SSSR count). The van der Waals surface area contributed by atoms with Crippen LogP contribution in [0.3, 0.4) is 0 Å². The van der Waals surface area contributed by atoms with Crippen LogP contribution in [-0.4, -0.2) is 75.2 Å². The number of likely N-dealkylation sites (tertiary alicyclic amines) is 2. The Bertz CT molecular complexity index is 433. The first-order valence-corrected chi connectivity index (χ1v) is 9.34. The van der Waals surface area contributed by atoms with Crippen LogP contribution >= 0.6 is 0 Å². The average Bonchev–Trinajstić information content (AvgIpc) is 2.97. The van der Waals surface area contributed by atoms with Crippen molar-refractivity contribution in [2.45, 2.75) is 33.1 Å². The predicted molar refractivity (Wildman–Crippen MR) is 97.1 cm³/mol. The summed E-state index contributed by atoms with van der Waals surface area (Å²) in [5, 5.41) is 3.38. The highest BCUT2D eigenvalue weighted by Crippen LogP contribution is 2.24. The molecule has 2 aliphatic heterocycles. The van der Waals surface area contributed by atoms with E-state index >= 15 is 0 Å². The Morgan fingerprint density at radius 2 is 2.00 bits per heavy atom. The van der Waals surface area contributed by atoms with Gasteiger partial charge in [0, 0.05) is 26.2 Å². The number of nitrogens with zero attached hydrogens (tertiary/aromatic N) is 3. The Morgan fingerprint density at radius 1 is 1.29 bits per heavy atom. The second-order valence-corrected chi connectivity index (χ2v) is 7.28. The molecule has 24 heavy (non-hydrogen) atoms. The van der Waals surface area contributed by atoms with Gasteiger partial charge in [0.05, 0.1) is 13.0 Å². The van der Waals surface area contributed by atoms with Crippen molar-refractivity contribution in [3.8, 4) is 0 Å². The minimum atomic E-state index is -0.104. The Hall–Kier alpha value is -1.30. The van der Waals surface area contributed by atoms with E-state index in [-0.39, 0.29) is 11.9 Å². The van der Waals surface area contributed by atoms with Gasteiger partial charge in [-0.25, -0.2) is 0 Å². The molecule has 138 valence electrons. The van der Waals surface area contributed by atoms with E-state index in [2.05, 4.69) is 36.0 Å². The summed E-state index contributed by atoms with van der Waals surface area (Å²) in [6, 6.07) is 0. The summed E-state index contributed by atoms with van der Waals surface area (Å²) < 4.78 is 4.93. The number of guanidine groups is 1. The highest BCUT2D eigenvalue weighted by atomic mass is 16.5. The molecular weight excluding hydrogens is 304 g/mol. The average molecular weight is 338 g/mol. The molecular formula is C18H34N4O2. The van der Waals surface area contributed by atoms with E-state index in [4.69, 9.17) is 9.73 Å². The lowest BCUT2D eigenvalue weighted by Crippen LogP contribution is -2.40. The minimum Gasteiger partial charge on any atom is -0.469 e. The van der Waals surface area contributed by atoms with E-state index in [1.807, 2.05) is 0 Å². The number of esters is 1. The van der Waals surface area contributed by atoms with Gasteiger partial charge < -0.3 is 19.9 Å². The number of ether oxygens (including phenoxy) is 1. The zero-order chi connectivity index (χ0) is 17.5. The summed E-state index contributed by atoms with van der Waals surface area (Å²) in [7, 11) is 3.67. The lowest BCUT2D eigenvalue weighted by Gasteiger charge is -2.28. The molecule has 2 unspecified atom stereocenters. The van der Waals surface area contributed by atoms with Crippen molar-refractivity contribution in [2.75, 3.05) is 53.4 Å². The van der Waals surface area contributed by atoms with E-state index in [9.17, 15) is 4.79 Å². The quantitative estimate of drug-likeness (QED) is 0.467. The van der Waals surface area contributed by atoms with Crippen molar-refractivity contribution in [1.82, 2.24) is 15.1 Å². The zero-order valence-corrected chi connectivity index (χ0v) is 15.8. The van der Waals surface area contributed by atoms with Crippen LogP contribution in [0.4, 0.5) is 0 Å². The summed E-state index contributed by atoms with van der Waals surface area (Å²) in [5.41, 5.74) is 0. The molecule has 2 fully saturated rings. The number of nitrogens with one attached hydrogen (secondary N) is 1. The fourth-order valence-electron chi connectivity index (χ4n) is 3.73. The van der Waals surface area contributed by atoms with Crippen LogP contribution < -0.4 is 5.32 Å². The largest absolute Gasteiger partial charge is 0.469 e. The first kappa shape index (κ1) is 19.0. The monoisotopic (exact) mass is 338 g/mol. The Kier molecular flexibility index (Phi) is 7.34. The van der Waals surface area contributed by atoms with Gasteiger partial charge in [-0.1, -0.05) is 6.92 Å². The van der Waals surface area contributed by atoms with Gasteiger partial charge in [0.1, 0.15) is 0 Å². The second kappa shape index (κ2) is 9.25. The molecule has 0 radical (unpaired) electrons. The summed E-state index contributed by atoms with van der Waals surface area (Å²) >= 11 is 0. The fourth-order valence-corrected chi connectivity index (χ4v) is 3.73. The van der Waals surface area contributed by atoms with Crippen molar-refractivity contribution in [3.05, 3.63) is 0 Å². The highest BCUT2D eigenvalue weighted by molar-refractivity contribution is 5.82. The molecule has 0 spiro atoms. The van der Waals surface area contributed by atoms with Gasteiger partial charge in [0.25, 0.3) is 0 Å². The van der Waals surface area contributed by atoms with Crippen LogP contribution in [0, 0.1) is 17.8 Å². The fraction of sp³-hybridized carbons (Fsp3) is 0.889. The molecule has 1 N–H and O–H groups in total. The van der Waals surface area contributed by atoms with Crippen molar-refractivity contribution in [3.63, 3.8) is 0 Å². The maximum atomic E-state index is 11.9. The van der Waals surface area contributed by atoms with Crippen molar-refractivity contribution < 1.29 is 9.53 Å². The topological polar surface area (TPSA) is 57.2 Å². The maximum absolute atomic E-state index is 11.9. The molecule has 2 atom stereocenters. The zero-order valence-electron chi connectivity index (χ0n) is 15.8. The molecule has 0 amide bonds. The molecule has 0 aromatic carbocycles. The van der Waals surface area contributed by atoms with Crippen LogP contribution in [0.25, 0.3) is 0 Å².